The van der Waals surface area contributed by atoms with Crippen LogP contribution in [0.15, 0.2) is 65.8 Å². The first-order valence-electron chi connectivity index (χ1n) is 10.6. The fourth-order valence-corrected chi connectivity index (χ4v) is 4.66. The van der Waals surface area contributed by atoms with Crippen LogP contribution in [0.2, 0.25) is 0 Å². The van der Waals surface area contributed by atoms with Crippen LogP contribution in [0.5, 0.6) is 0 Å². The molecule has 4 unspecified atom stereocenters. The molecule has 186 valence electrons. The van der Waals surface area contributed by atoms with Crippen LogP contribution in [-0.4, -0.2) is 63.5 Å². The van der Waals surface area contributed by atoms with Crippen LogP contribution in [-0.2, 0) is 19.1 Å². The maximum Gasteiger partial charge on any atom is 0.357 e. The highest BCUT2D eigenvalue weighted by Crippen LogP contribution is 2.51. The molecule has 13 heteroatoms. The van der Waals surface area contributed by atoms with Crippen LogP contribution in [0.4, 0.5) is 11.4 Å². The lowest BCUT2D eigenvalue weighted by Gasteiger charge is -2.47. The van der Waals surface area contributed by atoms with Crippen molar-refractivity contribution in [1.82, 2.24) is 5.01 Å². The molecule has 4 atom stereocenters. The van der Waals surface area contributed by atoms with Gasteiger partial charge in [0.2, 0.25) is 0 Å². The minimum absolute atomic E-state index is 0.220. The third-order valence-corrected chi connectivity index (χ3v) is 6.26. The number of aliphatic hydroxyl groups excluding tert-OH is 1. The Labute approximate surface area is 203 Å². The highest BCUT2D eigenvalue weighted by Gasteiger charge is 2.66. The molecule has 4 rings (SSSR count). The number of non-ortho nitro benzene ring substituents is 2. The van der Waals surface area contributed by atoms with E-state index in [1.807, 2.05) is 0 Å². The number of hydrogen-bond donors (Lipinski definition) is 1. The smallest absolute Gasteiger partial charge is 0.357 e. The number of carbonyl (C=O) groups is 2. The number of esters is 2. The number of hydrazone groups is 1. The Hall–Kier alpha value is -4.65. The number of nitro benzene ring substituents is 2. The number of aliphatic hydroxyl groups is 1. The molecule has 2 aliphatic rings. The molecular weight excluding hydrogens is 476 g/mol. The molecule has 0 amide bonds. The summed E-state index contributed by atoms with van der Waals surface area (Å²) in [5.74, 6) is -3.05. The molecule has 2 heterocycles. The fourth-order valence-electron chi connectivity index (χ4n) is 4.66. The van der Waals surface area contributed by atoms with Crippen molar-refractivity contribution in [3.63, 3.8) is 0 Å². The summed E-state index contributed by atoms with van der Waals surface area (Å²) in [4.78, 5) is 47.5. The van der Waals surface area contributed by atoms with Crippen molar-refractivity contribution in [1.29, 1.82) is 0 Å². The summed E-state index contributed by atoms with van der Waals surface area (Å²) in [6.07, 6.45) is 1.25. The number of nitro groups is 2. The van der Waals surface area contributed by atoms with Crippen LogP contribution >= 0.6 is 0 Å². The standard InChI is InChI=1S/C23H20N4O9/c1-35-21(29)19-20(28)23(22(30)36-2)17(13-5-3-7-15(11-13)26(31)32)9-10-18(25(23)24-19)14-6-4-8-16(12-14)27(33)34/h3-12,17-18,20,28H,1-2H3. The van der Waals surface area contributed by atoms with E-state index in [0.717, 1.165) is 19.2 Å². The van der Waals surface area contributed by atoms with Gasteiger partial charge in [-0.3, -0.25) is 25.2 Å². The van der Waals surface area contributed by atoms with Gasteiger partial charge in [-0.1, -0.05) is 36.4 Å². The molecule has 0 aliphatic carbocycles. The first kappa shape index (κ1) is 24.5. The Morgan fingerprint density at radius 1 is 0.972 bits per heavy atom. The zero-order valence-electron chi connectivity index (χ0n) is 19.0. The van der Waals surface area contributed by atoms with Crippen molar-refractivity contribution in [2.24, 2.45) is 5.10 Å². The third kappa shape index (κ3) is 3.65. The molecule has 0 radical (unpaired) electrons. The van der Waals surface area contributed by atoms with Gasteiger partial charge in [0.05, 0.1) is 30.1 Å². The predicted octanol–water partition coefficient (Wildman–Crippen LogP) is 2.02. The van der Waals surface area contributed by atoms with Crippen molar-refractivity contribution in [2.75, 3.05) is 14.2 Å². The molecule has 0 aromatic heterocycles. The Kier molecular flexibility index (Phi) is 6.24. The summed E-state index contributed by atoms with van der Waals surface area (Å²) < 4.78 is 9.80. The van der Waals surface area contributed by atoms with Crippen molar-refractivity contribution >= 4 is 29.0 Å². The summed E-state index contributed by atoms with van der Waals surface area (Å²) in [6, 6.07) is 10.1. The van der Waals surface area contributed by atoms with E-state index in [-0.39, 0.29) is 16.9 Å². The summed E-state index contributed by atoms with van der Waals surface area (Å²) in [5, 5.41) is 39.5. The fraction of sp³-hybridized carbons (Fsp3) is 0.261. The highest BCUT2D eigenvalue weighted by atomic mass is 16.6. The Bertz CT molecular complexity index is 1320. The van der Waals surface area contributed by atoms with Crippen LogP contribution in [0.25, 0.3) is 0 Å². The zero-order valence-corrected chi connectivity index (χ0v) is 19.0. The van der Waals surface area contributed by atoms with Crippen LogP contribution in [0, 0.1) is 20.2 Å². The van der Waals surface area contributed by atoms with E-state index in [1.165, 1.54) is 48.5 Å². The average molecular weight is 496 g/mol. The van der Waals surface area contributed by atoms with Gasteiger partial charge in [-0.25, -0.2) is 9.59 Å². The number of fused-ring (bicyclic) bond motifs is 1. The van der Waals surface area contributed by atoms with Gasteiger partial charge in [-0.15, -0.1) is 0 Å². The largest absolute Gasteiger partial charge is 0.467 e. The number of ether oxygens (including phenoxy) is 2. The molecule has 1 N–H and O–H groups in total. The van der Waals surface area contributed by atoms with Gasteiger partial charge in [0.1, 0.15) is 6.10 Å². The Morgan fingerprint density at radius 3 is 2.11 bits per heavy atom. The highest BCUT2D eigenvalue weighted by molar-refractivity contribution is 6.39. The number of nitrogens with zero attached hydrogens (tertiary/aromatic N) is 4. The van der Waals surface area contributed by atoms with E-state index in [4.69, 9.17) is 9.47 Å². The molecule has 0 fully saturated rings. The lowest BCUT2D eigenvalue weighted by Crippen LogP contribution is -2.64. The minimum atomic E-state index is -2.09. The van der Waals surface area contributed by atoms with Gasteiger partial charge >= 0.3 is 11.9 Å². The molecule has 0 saturated carbocycles. The number of carbonyl (C=O) groups excluding carboxylic acids is 2. The van der Waals surface area contributed by atoms with Crippen LogP contribution in [0.1, 0.15) is 23.1 Å². The molecule has 0 bridgehead atoms. The van der Waals surface area contributed by atoms with Gasteiger partial charge in [0, 0.05) is 30.2 Å². The number of benzene rings is 2. The van der Waals surface area contributed by atoms with E-state index in [1.54, 1.807) is 12.1 Å². The van der Waals surface area contributed by atoms with Gasteiger partial charge < -0.3 is 14.6 Å². The number of hydrogen-bond acceptors (Lipinski definition) is 11. The first-order valence-corrected chi connectivity index (χ1v) is 10.6. The summed E-state index contributed by atoms with van der Waals surface area (Å²) in [5.41, 5.74) is -2.44. The monoisotopic (exact) mass is 496 g/mol. The topological polar surface area (TPSA) is 175 Å². The van der Waals surface area contributed by atoms with Crippen LogP contribution < -0.4 is 0 Å². The van der Waals surface area contributed by atoms with Gasteiger partial charge in [-0.2, -0.15) is 5.10 Å². The summed E-state index contributed by atoms with van der Waals surface area (Å²) in [7, 11) is 2.16. The maximum atomic E-state index is 13.5. The lowest BCUT2D eigenvalue weighted by molar-refractivity contribution is -0.385. The minimum Gasteiger partial charge on any atom is -0.467 e. The second-order valence-corrected chi connectivity index (χ2v) is 8.05. The van der Waals surface area contributed by atoms with Crippen LogP contribution in [0.3, 0.4) is 0 Å². The second-order valence-electron chi connectivity index (χ2n) is 8.05. The quantitative estimate of drug-likeness (QED) is 0.269. The van der Waals surface area contributed by atoms with Crippen molar-refractivity contribution in [3.05, 3.63) is 92.0 Å². The first-order chi connectivity index (χ1) is 17.2. The predicted molar refractivity (Wildman–Crippen MR) is 123 cm³/mol. The molecule has 36 heavy (non-hydrogen) atoms. The van der Waals surface area contributed by atoms with Crippen molar-refractivity contribution in [2.45, 2.75) is 23.6 Å². The summed E-state index contributed by atoms with van der Waals surface area (Å²) >= 11 is 0. The molecule has 2 aromatic carbocycles. The summed E-state index contributed by atoms with van der Waals surface area (Å²) in [6.45, 7) is 0. The van der Waals surface area contributed by atoms with E-state index >= 15 is 0 Å². The second kappa shape index (κ2) is 9.19. The molecule has 2 aliphatic heterocycles. The van der Waals surface area contributed by atoms with E-state index in [0.29, 0.717) is 5.56 Å². The average Bonchev–Trinajstić information content (AvgIpc) is 3.21. The SMILES string of the molecule is COC(=O)C1=NN2C(c3cccc([N+](=O)[O-])c3)C=CC(c3cccc([N+](=O)[O-])c3)C2(C(=O)OC)C1O. The van der Waals surface area contributed by atoms with E-state index in [9.17, 15) is 34.9 Å². The Balaban J connectivity index is 1.98. The lowest BCUT2D eigenvalue weighted by atomic mass is 9.71. The van der Waals surface area contributed by atoms with E-state index < -0.39 is 51.1 Å². The van der Waals surface area contributed by atoms with Gasteiger partial charge in [0.25, 0.3) is 11.4 Å². The molecule has 0 spiro atoms. The molecular formula is C23H20N4O9. The van der Waals surface area contributed by atoms with Gasteiger partial charge in [-0.05, 0) is 11.1 Å². The van der Waals surface area contributed by atoms with Crippen molar-refractivity contribution in [3.8, 4) is 0 Å². The number of methoxy groups -OCH3 is 2. The van der Waals surface area contributed by atoms with E-state index in [2.05, 4.69) is 5.10 Å². The Morgan fingerprint density at radius 2 is 1.56 bits per heavy atom. The van der Waals surface area contributed by atoms with Gasteiger partial charge in [0.15, 0.2) is 11.3 Å². The molecule has 2 aromatic rings. The number of rotatable bonds is 6. The zero-order chi connectivity index (χ0) is 26.2. The maximum absolute atomic E-state index is 13.5. The molecule has 13 nitrogen and oxygen atoms in total. The normalized spacial score (nSPS) is 24.5. The molecule has 0 saturated heterocycles. The van der Waals surface area contributed by atoms with Crippen molar-refractivity contribution < 1.29 is 34.0 Å². The third-order valence-electron chi connectivity index (χ3n) is 6.26.